The quantitative estimate of drug-likeness (QED) is 0.350. The summed E-state index contributed by atoms with van der Waals surface area (Å²) in [6.07, 6.45) is -2.68. The first-order valence-corrected chi connectivity index (χ1v) is 11.6. The Morgan fingerprint density at radius 3 is 2.64 bits per heavy atom. The highest BCUT2D eigenvalue weighted by Gasteiger charge is 2.30. The fourth-order valence-electron chi connectivity index (χ4n) is 3.07. The van der Waals surface area contributed by atoms with Gasteiger partial charge in [0.25, 0.3) is 0 Å². The highest BCUT2D eigenvalue weighted by atomic mass is 32.2. The molecule has 11 heteroatoms. The summed E-state index contributed by atoms with van der Waals surface area (Å²) in [6, 6.07) is 14.4. The lowest BCUT2D eigenvalue weighted by atomic mass is 10.1. The third kappa shape index (κ3) is 5.60. The average molecular weight is 490 g/mol. The van der Waals surface area contributed by atoms with Crippen molar-refractivity contribution in [2.24, 2.45) is 0 Å². The molecule has 1 N–H and O–H groups in total. The summed E-state index contributed by atoms with van der Waals surface area (Å²) in [4.78, 5) is 16.6. The Bertz CT molecular complexity index is 1230. The third-order valence-electron chi connectivity index (χ3n) is 4.65. The molecule has 2 aromatic carbocycles. The second-order valence-electron chi connectivity index (χ2n) is 7.03. The van der Waals surface area contributed by atoms with Crippen LogP contribution >= 0.6 is 23.1 Å². The minimum Gasteiger partial charge on any atom is -0.301 e. The molecule has 170 valence electrons. The number of nitrogens with one attached hydrogen (secondary N) is 1. The van der Waals surface area contributed by atoms with Gasteiger partial charge in [-0.25, -0.2) is 4.98 Å². The standard InChI is InChI=1S/C22H18F3N5OS2/c1-14(19(31)27-20-26-10-11-32-20)33-21-29-28-18(30(21)17-8-3-2-4-9-17)13-15-6-5-7-16(12-15)22(23,24)25/h2-12,14H,13H2,1H3,(H,26,27,31)/t14-/m1/s1. The van der Waals surface area contributed by atoms with Gasteiger partial charge in [-0.2, -0.15) is 13.2 Å². The molecule has 0 unspecified atom stereocenters. The highest BCUT2D eigenvalue weighted by Crippen LogP contribution is 2.31. The van der Waals surface area contributed by atoms with Crippen LogP contribution in [0.25, 0.3) is 5.69 Å². The number of carbonyl (C=O) groups excluding carboxylic acids is 1. The van der Waals surface area contributed by atoms with Crippen molar-refractivity contribution in [2.75, 3.05) is 5.32 Å². The number of thioether (sulfide) groups is 1. The first-order valence-electron chi connectivity index (χ1n) is 9.84. The highest BCUT2D eigenvalue weighted by molar-refractivity contribution is 8.00. The maximum atomic E-state index is 13.1. The van der Waals surface area contributed by atoms with E-state index < -0.39 is 17.0 Å². The van der Waals surface area contributed by atoms with Gasteiger partial charge < -0.3 is 5.32 Å². The zero-order chi connectivity index (χ0) is 23.4. The molecule has 1 amide bonds. The van der Waals surface area contributed by atoms with Gasteiger partial charge in [-0.1, -0.05) is 48.2 Å². The van der Waals surface area contributed by atoms with Crippen molar-refractivity contribution in [1.82, 2.24) is 19.7 Å². The molecule has 0 bridgehead atoms. The van der Waals surface area contributed by atoms with Crippen LogP contribution in [0, 0.1) is 0 Å². The van der Waals surface area contributed by atoms with Crippen LogP contribution in [-0.4, -0.2) is 30.9 Å². The lowest BCUT2D eigenvalue weighted by Crippen LogP contribution is -2.22. The third-order valence-corrected chi connectivity index (χ3v) is 6.38. The van der Waals surface area contributed by atoms with E-state index in [1.54, 1.807) is 29.1 Å². The fourth-order valence-corrected chi connectivity index (χ4v) is 4.49. The number of thiazole rings is 1. The van der Waals surface area contributed by atoms with Gasteiger partial charge in [-0.05, 0) is 30.7 Å². The zero-order valence-electron chi connectivity index (χ0n) is 17.3. The van der Waals surface area contributed by atoms with Crippen LogP contribution in [0.15, 0.2) is 71.3 Å². The number of alkyl halides is 3. The SMILES string of the molecule is C[C@@H](Sc1nnc(Cc2cccc(C(F)(F)F)c2)n1-c1ccccc1)C(=O)Nc1nccs1. The largest absolute Gasteiger partial charge is 0.416 e. The lowest BCUT2D eigenvalue weighted by Gasteiger charge is -2.14. The van der Waals surface area contributed by atoms with Crippen molar-refractivity contribution >= 4 is 34.1 Å². The fraction of sp³-hybridized carbons (Fsp3) is 0.182. The predicted octanol–water partition coefficient (Wildman–Crippen LogP) is 5.45. The number of para-hydroxylation sites is 1. The summed E-state index contributed by atoms with van der Waals surface area (Å²) in [5.74, 6) is 0.229. The number of nitrogens with zero attached hydrogens (tertiary/aromatic N) is 4. The Morgan fingerprint density at radius 2 is 1.94 bits per heavy atom. The van der Waals surface area contributed by atoms with E-state index in [0.29, 0.717) is 21.7 Å². The topological polar surface area (TPSA) is 72.7 Å². The van der Waals surface area contributed by atoms with Gasteiger partial charge in [0.05, 0.1) is 10.8 Å². The number of benzene rings is 2. The summed E-state index contributed by atoms with van der Waals surface area (Å²) >= 11 is 2.53. The normalized spacial score (nSPS) is 12.5. The molecule has 4 aromatic rings. The number of hydrogen-bond donors (Lipinski definition) is 1. The van der Waals surface area contributed by atoms with E-state index in [9.17, 15) is 18.0 Å². The van der Waals surface area contributed by atoms with E-state index in [-0.39, 0.29) is 12.3 Å². The van der Waals surface area contributed by atoms with Crippen molar-refractivity contribution in [3.05, 3.63) is 83.1 Å². The molecule has 2 aromatic heterocycles. The molecule has 0 aliphatic rings. The van der Waals surface area contributed by atoms with Crippen LogP contribution in [0.5, 0.6) is 0 Å². The summed E-state index contributed by atoms with van der Waals surface area (Å²) < 4.78 is 41.2. The molecule has 1 atom stereocenters. The van der Waals surface area contributed by atoms with Crippen molar-refractivity contribution in [3.63, 3.8) is 0 Å². The molecule has 2 heterocycles. The van der Waals surface area contributed by atoms with E-state index in [1.165, 1.54) is 29.2 Å². The van der Waals surface area contributed by atoms with E-state index in [1.807, 2.05) is 30.3 Å². The molecular weight excluding hydrogens is 471 g/mol. The maximum absolute atomic E-state index is 13.1. The molecule has 0 spiro atoms. The van der Waals surface area contributed by atoms with E-state index in [2.05, 4.69) is 20.5 Å². The van der Waals surface area contributed by atoms with Crippen molar-refractivity contribution in [2.45, 2.75) is 29.9 Å². The first kappa shape index (κ1) is 23.0. The number of aromatic nitrogens is 4. The number of anilines is 1. The Kier molecular flexibility index (Phi) is 6.80. The second kappa shape index (κ2) is 9.75. The van der Waals surface area contributed by atoms with E-state index in [4.69, 9.17) is 0 Å². The number of carbonyl (C=O) groups is 1. The number of rotatable bonds is 7. The first-order chi connectivity index (χ1) is 15.8. The molecule has 0 saturated carbocycles. The van der Waals surface area contributed by atoms with Crippen LogP contribution in [0.1, 0.15) is 23.9 Å². The number of hydrogen-bond acceptors (Lipinski definition) is 6. The monoisotopic (exact) mass is 489 g/mol. The van der Waals surface area contributed by atoms with Gasteiger partial charge in [-0.15, -0.1) is 21.5 Å². The molecule has 0 saturated heterocycles. The smallest absolute Gasteiger partial charge is 0.301 e. The Labute approximate surface area is 195 Å². The van der Waals surface area contributed by atoms with Crippen molar-refractivity contribution in [3.8, 4) is 5.69 Å². The summed E-state index contributed by atoms with van der Waals surface area (Å²) in [7, 11) is 0. The van der Waals surface area contributed by atoms with Crippen molar-refractivity contribution in [1.29, 1.82) is 0 Å². The van der Waals surface area contributed by atoms with Gasteiger partial charge in [0, 0.05) is 23.7 Å². The number of amides is 1. The van der Waals surface area contributed by atoms with E-state index in [0.717, 1.165) is 17.8 Å². The van der Waals surface area contributed by atoms with Gasteiger partial charge in [0.2, 0.25) is 5.91 Å². The molecule has 0 aliphatic heterocycles. The van der Waals surface area contributed by atoms with Gasteiger partial charge in [0.15, 0.2) is 10.3 Å². The van der Waals surface area contributed by atoms with Crippen LogP contribution in [0.3, 0.4) is 0 Å². The number of halogens is 3. The lowest BCUT2D eigenvalue weighted by molar-refractivity contribution is -0.137. The van der Waals surface area contributed by atoms with Crippen molar-refractivity contribution < 1.29 is 18.0 Å². The van der Waals surface area contributed by atoms with Gasteiger partial charge in [0.1, 0.15) is 5.82 Å². The van der Waals surface area contributed by atoms with Crippen LogP contribution in [0.4, 0.5) is 18.3 Å². The van der Waals surface area contributed by atoms with Gasteiger partial charge in [-0.3, -0.25) is 9.36 Å². The molecule has 4 rings (SSSR count). The predicted molar refractivity (Wildman–Crippen MR) is 122 cm³/mol. The molecule has 0 fully saturated rings. The minimum absolute atomic E-state index is 0.145. The molecule has 0 radical (unpaired) electrons. The summed E-state index contributed by atoms with van der Waals surface area (Å²) in [6.45, 7) is 1.74. The Morgan fingerprint density at radius 1 is 1.15 bits per heavy atom. The van der Waals surface area contributed by atoms with Crippen LogP contribution in [-0.2, 0) is 17.4 Å². The van der Waals surface area contributed by atoms with Crippen LogP contribution < -0.4 is 5.32 Å². The second-order valence-corrected chi connectivity index (χ2v) is 9.23. The zero-order valence-corrected chi connectivity index (χ0v) is 18.9. The Hall–Kier alpha value is -3.18. The molecule has 6 nitrogen and oxygen atoms in total. The Balaban J connectivity index is 1.62. The summed E-state index contributed by atoms with van der Waals surface area (Å²) in [5.41, 5.74) is 0.493. The minimum atomic E-state index is -4.43. The molecular formula is C22H18F3N5OS2. The maximum Gasteiger partial charge on any atom is 0.416 e. The van der Waals surface area contributed by atoms with Gasteiger partial charge >= 0.3 is 6.18 Å². The molecule has 0 aliphatic carbocycles. The van der Waals surface area contributed by atoms with E-state index >= 15 is 0 Å². The summed E-state index contributed by atoms with van der Waals surface area (Å²) in [5, 5.41) is 13.4. The average Bonchev–Trinajstić information content (AvgIpc) is 3.44. The van der Waals surface area contributed by atoms with Crippen LogP contribution in [0.2, 0.25) is 0 Å². The molecule has 33 heavy (non-hydrogen) atoms.